The maximum Gasteiger partial charge on any atom is 0.269 e. The molecule has 13 heavy (non-hydrogen) atoms. The fourth-order valence-electron chi connectivity index (χ4n) is 1.16. The summed E-state index contributed by atoms with van der Waals surface area (Å²) in [6.45, 7) is 0. The second-order valence-corrected chi connectivity index (χ2v) is 2.63. The van der Waals surface area contributed by atoms with E-state index in [4.69, 9.17) is 4.84 Å². The van der Waals surface area contributed by atoms with Crippen LogP contribution in [0.3, 0.4) is 0 Å². The zero-order chi connectivity index (χ0) is 9.26. The topological polar surface area (TPSA) is 64.7 Å². The fourth-order valence-corrected chi connectivity index (χ4v) is 1.16. The van der Waals surface area contributed by atoms with E-state index in [1.165, 1.54) is 12.1 Å². The Bertz CT molecular complexity index is 387. The minimum atomic E-state index is -0.425. The first-order chi connectivity index (χ1) is 6.27. The highest BCUT2D eigenvalue weighted by atomic mass is 16.6. The lowest BCUT2D eigenvalue weighted by Crippen LogP contribution is -2.01. The largest absolute Gasteiger partial charge is 0.357 e. The molecule has 0 aromatic heterocycles. The normalized spacial score (nSPS) is 13.2. The maximum atomic E-state index is 10.4. The lowest BCUT2D eigenvalue weighted by atomic mass is 10.1. The highest BCUT2D eigenvalue weighted by Crippen LogP contribution is 2.26. The number of hydrogen-bond donors (Lipinski definition) is 0. The Kier molecular flexibility index (Phi) is 1.70. The molecule has 1 aromatic rings. The van der Waals surface area contributed by atoms with E-state index in [9.17, 15) is 10.1 Å². The molecule has 0 saturated heterocycles. The lowest BCUT2D eigenvalue weighted by Gasteiger charge is -2.08. The summed E-state index contributed by atoms with van der Waals surface area (Å²) in [7, 11) is 0. The molecule has 0 saturated carbocycles. The van der Waals surface area contributed by atoms with Crippen LogP contribution in [-0.2, 0) is 6.42 Å². The molecule has 5 nitrogen and oxygen atoms in total. The monoisotopic (exact) mass is 178 g/mol. The first kappa shape index (κ1) is 7.72. The van der Waals surface area contributed by atoms with Crippen molar-refractivity contribution < 1.29 is 9.76 Å². The Morgan fingerprint density at radius 1 is 1.54 bits per heavy atom. The number of nitro groups is 1. The van der Waals surface area contributed by atoms with Crippen LogP contribution in [0, 0.1) is 10.1 Å². The van der Waals surface area contributed by atoms with E-state index in [0.29, 0.717) is 12.2 Å². The Morgan fingerprint density at radius 3 is 3.15 bits per heavy atom. The van der Waals surface area contributed by atoms with Crippen LogP contribution in [0.2, 0.25) is 0 Å². The molecule has 0 aliphatic carbocycles. The van der Waals surface area contributed by atoms with Crippen molar-refractivity contribution in [3.05, 3.63) is 33.9 Å². The zero-order valence-electron chi connectivity index (χ0n) is 6.64. The smallest absolute Gasteiger partial charge is 0.269 e. The van der Waals surface area contributed by atoms with Gasteiger partial charge in [0.05, 0.1) is 4.92 Å². The molecular formula is C8H6N2O3. The van der Waals surface area contributed by atoms with E-state index in [0.717, 1.165) is 5.56 Å². The van der Waals surface area contributed by atoms with Gasteiger partial charge in [-0.25, -0.2) is 0 Å². The van der Waals surface area contributed by atoms with Crippen LogP contribution in [0.4, 0.5) is 5.69 Å². The highest BCUT2D eigenvalue weighted by Gasteiger charge is 2.13. The van der Waals surface area contributed by atoms with Gasteiger partial charge < -0.3 is 4.84 Å². The van der Waals surface area contributed by atoms with Crippen LogP contribution in [-0.4, -0.2) is 11.1 Å². The number of hydrogen-bond acceptors (Lipinski definition) is 4. The Hall–Kier alpha value is -1.91. The van der Waals surface area contributed by atoms with Gasteiger partial charge in [0.25, 0.3) is 5.69 Å². The molecule has 0 atom stereocenters. The number of nitrogens with zero attached hydrogens (tertiary/aromatic N) is 2. The van der Waals surface area contributed by atoms with E-state index >= 15 is 0 Å². The van der Waals surface area contributed by atoms with Gasteiger partial charge in [0, 0.05) is 30.3 Å². The molecular weight excluding hydrogens is 172 g/mol. The van der Waals surface area contributed by atoms with Crippen molar-refractivity contribution in [3.63, 3.8) is 0 Å². The van der Waals surface area contributed by atoms with Gasteiger partial charge in [-0.3, -0.25) is 10.1 Å². The van der Waals surface area contributed by atoms with Gasteiger partial charge in [-0.05, 0) is 6.07 Å². The van der Waals surface area contributed by atoms with E-state index in [1.54, 1.807) is 12.3 Å². The molecule has 0 N–H and O–H groups in total. The van der Waals surface area contributed by atoms with E-state index in [-0.39, 0.29) is 5.69 Å². The molecule has 66 valence electrons. The first-order valence-corrected chi connectivity index (χ1v) is 3.73. The minimum absolute atomic E-state index is 0.0812. The average Bonchev–Trinajstić information content (AvgIpc) is 2.17. The standard InChI is InChI=1S/C8H6N2O3/c11-10(12)7-1-2-8-6(5-7)3-4-9-13-8/h1-2,4-5H,3H2. The quantitative estimate of drug-likeness (QED) is 0.483. The third-order valence-corrected chi connectivity index (χ3v) is 1.79. The molecule has 1 aromatic carbocycles. The van der Waals surface area contributed by atoms with Gasteiger partial charge >= 0.3 is 0 Å². The fraction of sp³-hybridized carbons (Fsp3) is 0.125. The van der Waals surface area contributed by atoms with Gasteiger partial charge in [0.1, 0.15) is 0 Å². The molecule has 1 heterocycles. The molecule has 0 unspecified atom stereocenters. The van der Waals surface area contributed by atoms with Crippen molar-refractivity contribution in [2.24, 2.45) is 5.16 Å². The van der Waals surface area contributed by atoms with Crippen LogP contribution in [0.25, 0.3) is 0 Å². The van der Waals surface area contributed by atoms with Crippen molar-refractivity contribution >= 4 is 11.9 Å². The molecule has 2 rings (SSSR count). The molecule has 0 bridgehead atoms. The summed E-state index contributed by atoms with van der Waals surface area (Å²) in [5, 5.41) is 14.0. The summed E-state index contributed by atoms with van der Waals surface area (Å²) in [5.41, 5.74) is 0.877. The van der Waals surface area contributed by atoms with Crippen molar-refractivity contribution in [2.75, 3.05) is 0 Å². The van der Waals surface area contributed by atoms with E-state index in [1.807, 2.05) is 0 Å². The predicted octanol–water partition coefficient (Wildman–Crippen LogP) is 1.52. The summed E-state index contributed by atoms with van der Waals surface area (Å²) in [6, 6.07) is 4.46. The summed E-state index contributed by atoms with van der Waals surface area (Å²) in [4.78, 5) is 14.9. The third-order valence-electron chi connectivity index (χ3n) is 1.79. The van der Waals surface area contributed by atoms with Crippen LogP contribution >= 0.6 is 0 Å². The molecule has 5 heteroatoms. The molecule has 0 radical (unpaired) electrons. The Labute approximate surface area is 73.8 Å². The van der Waals surface area contributed by atoms with E-state index < -0.39 is 4.92 Å². The van der Waals surface area contributed by atoms with Gasteiger partial charge in [-0.15, -0.1) is 0 Å². The molecule has 1 aliphatic heterocycles. The predicted molar refractivity (Wildman–Crippen MR) is 45.9 cm³/mol. The maximum absolute atomic E-state index is 10.4. The second kappa shape index (κ2) is 2.85. The summed E-state index contributed by atoms with van der Waals surface area (Å²) in [5.74, 6) is 0.591. The second-order valence-electron chi connectivity index (χ2n) is 2.63. The molecule has 0 fully saturated rings. The van der Waals surface area contributed by atoms with Gasteiger partial charge in [-0.2, -0.15) is 0 Å². The average molecular weight is 178 g/mol. The van der Waals surface area contributed by atoms with Gasteiger partial charge in [0.2, 0.25) is 0 Å². The number of benzene rings is 1. The zero-order valence-corrected chi connectivity index (χ0v) is 6.64. The molecule has 0 spiro atoms. The molecule has 1 aliphatic rings. The first-order valence-electron chi connectivity index (χ1n) is 3.73. The highest BCUT2D eigenvalue weighted by molar-refractivity contribution is 5.65. The van der Waals surface area contributed by atoms with E-state index in [2.05, 4.69) is 5.16 Å². The minimum Gasteiger partial charge on any atom is -0.357 e. The number of oxime groups is 1. The van der Waals surface area contributed by atoms with Crippen molar-refractivity contribution in [1.29, 1.82) is 0 Å². The SMILES string of the molecule is O=[N+]([O-])c1ccc2c(c1)CC=NO2. The number of rotatable bonds is 1. The van der Waals surface area contributed by atoms with Crippen LogP contribution in [0.1, 0.15) is 5.56 Å². The number of nitro benzene ring substituents is 1. The van der Waals surface area contributed by atoms with Crippen LogP contribution in [0.15, 0.2) is 23.4 Å². The molecule has 0 amide bonds. The van der Waals surface area contributed by atoms with Crippen LogP contribution in [0.5, 0.6) is 5.75 Å². The third kappa shape index (κ3) is 1.35. The summed E-state index contributed by atoms with van der Waals surface area (Å²) < 4.78 is 0. The van der Waals surface area contributed by atoms with Crippen molar-refractivity contribution in [3.8, 4) is 5.75 Å². The summed E-state index contributed by atoms with van der Waals surface area (Å²) in [6.07, 6.45) is 2.16. The summed E-state index contributed by atoms with van der Waals surface area (Å²) >= 11 is 0. The number of fused-ring (bicyclic) bond motifs is 1. The van der Waals surface area contributed by atoms with Crippen molar-refractivity contribution in [1.82, 2.24) is 0 Å². The Morgan fingerprint density at radius 2 is 2.38 bits per heavy atom. The van der Waals surface area contributed by atoms with Gasteiger partial charge in [-0.1, -0.05) is 5.16 Å². The van der Waals surface area contributed by atoms with Crippen molar-refractivity contribution in [2.45, 2.75) is 6.42 Å². The van der Waals surface area contributed by atoms with Crippen LogP contribution < -0.4 is 4.84 Å². The van der Waals surface area contributed by atoms with Gasteiger partial charge in [0.15, 0.2) is 5.75 Å². The Balaban J connectivity index is 2.44. The number of non-ortho nitro benzene ring substituents is 1. The lowest BCUT2D eigenvalue weighted by molar-refractivity contribution is -0.384.